The lowest BCUT2D eigenvalue weighted by atomic mass is 10.3. The van der Waals surface area contributed by atoms with Gasteiger partial charge in [0.15, 0.2) is 5.69 Å². The fraction of sp³-hybridized carbons (Fsp3) is 0.125. The summed E-state index contributed by atoms with van der Waals surface area (Å²) in [4.78, 5) is 22.2. The third kappa shape index (κ3) is 2.64. The van der Waals surface area contributed by atoms with E-state index in [1.165, 1.54) is 19.3 Å². The average molecular weight is 190 g/mol. The van der Waals surface area contributed by atoms with Gasteiger partial charge in [-0.1, -0.05) is 5.16 Å². The molecule has 70 valence electrons. The molecule has 0 aliphatic rings. The highest BCUT2D eigenvalue weighted by molar-refractivity contribution is 5.79. The number of nitrogens with zero attached hydrogens (tertiary/aromatic N) is 4. The summed E-state index contributed by atoms with van der Waals surface area (Å²) in [5, 5.41) is 11.9. The highest BCUT2D eigenvalue weighted by Crippen LogP contribution is 1.95. The maximum absolute atomic E-state index is 10.4. The largest absolute Gasteiger partial charge is 0.331 e. The summed E-state index contributed by atoms with van der Waals surface area (Å²) in [5.74, 6) is -0.538. The molecule has 0 amide bonds. The quantitative estimate of drug-likeness (QED) is 0.378. The van der Waals surface area contributed by atoms with Gasteiger partial charge >= 0.3 is 5.97 Å². The van der Waals surface area contributed by atoms with E-state index in [4.69, 9.17) is 5.26 Å². The van der Waals surface area contributed by atoms with Crippen molar-refractivity contribution in [2.75, 3.05) is 0 Å². The number of oxime groups is 1. The summed E-state index contributed by atoms with van der Waals surface area (Å²) >= 11 is 0. The summed E-state index contributed by atoms with van der Waals surface area (Å²) < 4.78 is 0. The molecule has 0 aliphatic heterocycles. The van der Waals surface area contributed by atoms with Crippen LogP contribution in [0.15, 0.2) is 17.5 Å². The highest BCUT2D eigenvalue weighted by Gasteiger charge is 2.00. The van der Waals surface area contributed by atoms with Crippen molar-refractivity contribution in [3.8, 4) is 6.07 Å². The van der Waals surface area contributed by atoms with Gasteiger partial charge in [-0.05, 0) is 0 Å². The van der Waals surface area contributed by atoms with Crippen LogP contribution in [0.4, 0.5) is 0 Å². The molecule has 14 heavy (non-hydrogen) atoms. The Kier molecular flexibility index (Phi) is 3.27. The zero-order valence-electron chi connectivity index (χ0n) is 7.34. The summed E-state index contributed by atoms with van der Waals surface area (Å²) in [6.45, 7) is 1.22. The monoisotopic (exact) mass is 190 g/mol. The fourth-order valence-electron chi connectivity index (χ4n) is 0.680. The van der Waals surface area contributed by atoms with E-state index in [0.717, 1.165) is 6.21 Å². The molecule has 0 unspecified atom stereocenters. The third-order valence-electron chi connectivity index (χ3n) is 1.19. The van der Waals surface area contributed by atoms with Gasteiger partial charge in [0.2, 0.25) is 0 Å². The van der Waals surface area contributed by atoms with Gasteiger partial charge in [-0.3, -0.25) is 4.98 Å². The Labute approximate surface area is 79.8 Å². The SMILES string of the molecule is CC(=O)O/N=C/c1nccnc1C#N. The Morgan fingerprint density at radius 3 is 3.00 bits per heavy atom. The van der Waals surface area contributed by atoms with Crippen LogP contribution in [-0.2, 0) is 9.63 Å². The van der Waals surface area contributed by atoms with E-state index in [9.17, 15) is 4.79 Å². The molecule has 1 aromatic heterocycles. The fourth-order valence-corrected chi connectivity index (χ4v) is 0.680. The normalized spacial score (nSPS) is 9.71. The van der Waals surface area contributed by atoms with Crippen molar-refractivity contribution in [3.05, 3.63) is 23.8 Å². The summed E-state index contributed by atoms with van der Waals surface area (Å²) in [7, 11) is 0. The van der Waals surface area contributed by atoms with E-state index in [0.29, 0.717) is 0 Å². The molecular weight excluding hydrogens is 184 g/mol. The van der Waals surface area contributed by atoms with E-state index >= 15 is 0 Å². The van der Waals surface area contributed by atoms with Gasteiger partial charge in [-0.15, -0.1) is 0 Å². The second-order valence-electron chi connectivity index (χ2n) is 2.22. The first-order valence-corrected chi connectivity index (χ1v) is 3.66. The van der Waals surface area contributed by atoms with Crippen LogP contribution in [-0.4, -0.2) is 22.2 Å². The minimum atomic E-state index is -0.538. The Hall–Kier alpha value is -2.29. The van der Waals surface area contributed by atoms with Gasteiger partial charge in [0, 0.05) is 19.3 Å². The topological polar surface area (TPSA) is 88.2 Å². The van der Waals surface area contributed by atoms with Crippen molar-refractivity contribution in [2.24, 2.45) is 5.16 Å². The Morgan fingerprint density at radius 2 is 2.36 bits per heavy atom. The van der Waals surface area contributed by atoms with Crippen molar-refractivity contribution in [1.82, 2.24) is 9.97 Å². The number of hydrogen-bond donors (Lipinski definition) is 0. The van der Waals surface area contributed by atoms with Crippen LogP contribution in [0, 0.1) is 11.3 Å². The van der Waals surface area contributed by atoms with Crippen molar-refractivity contribution in [3.63, 3.8) is 0 Å². The maximum Gasteiger partial charge on any atom is 0.331 e. The molecule has 0 aromatic carbocycles. The van der Waals surface area contributed by atoms with Gasteiger partial charge in [0.1, 0.15) is 11.8 Å². The summed E-state index contributed by atoms with van der Waals surface area (Å²) in [6, 6.07) is 1.83. The predicted octanol–water partition coefficient (Wildman–Crippen LogP) is 0.245. The molecule has 0 N–H and O–H groups in total. The van der Waals surface area contributed by atoms with Crippen molar-refractivity contribution in [1.29, 1.82) is 5.26 Å². The number of nitriles is 1. The smallest absolute Gasteiger partial charge is 0.319 e. The van der Waals surface area contributed by atoms with Crippen LogP contribution in [0.3, 0.4) is 0 Å². The molecule has 0 saturated heterocycles. The van der Waals surface area contributed by atoms with Crippen LogP contribution < -0.4 is 0 Å². The zero-order chi connectivity index (χ0) is 10.4. The molecule has 6 heteroatoms. The van der Waals surface area contributed by atoms with E-state index in [1.54, 1.807) is 0 Å². The molecule has 1 heterocycles. The number of carbonyl (C=O) groups excluding carboxylic acids is 1. The molecule has 0 radical (unpaired) electrons. The third-order valence-corrected chi connectivity index (χ3v) is 1.19. The van der Waals surface area contributed by atoms with Gasteiger partial charge < -0.3 is 4.84 Å². The highest BCUT2D eigenvalue weighted by atomic mass is 16.7. The van der Waals surface area contributed by atoms with Gasteiger partial charge in [-0.2, -0.15) is 5.26 Å². The second kappa shape index (κ2) is 4.67. The molecule has 6 nitrogen and oxygen atoms in total. The van der Waals surface area contributed by atoms with Crippen LogP contribution in [0.25, 0.3) is 0 Å². The lowest BCUT2D eigenvalue weighted by Gasteiger charge is -1.92. The Bertz CT molecular complexity index is 408. The van der Waals surface area contributed by atoms with E-state index in [2.05, 4.69) is 20.0 Å². The maximum atomic E-state index is 10.4. The van der Waals surface area contributed by atoms with Crippen LogP contribution in [0.1, 0.15) is 18.3 Å². The molecule has 0 spiro atoms. The molecule has 0 fully saturated rings. The lowest BCUT2D eigenvalue weighted by molar-refractivity contribution is -0.140. The van der Waals surface area contributed by atoms with Crippen LogP contribution >= 0.6 is 0 Å². The van der Waals surface area contributed by atoms with Crippen molar-refractivity contribution >= 4 is 12.2 Å². The van der Waals surface area contributed by atoms with E-state index in [1.807, 2.05) is 6.07 Å². The minimum absolute atomic E-state index is 0.128. The molecule has 0 bridgehead atoms. The molecule has 0 aliphatic carbocycles. The number of rotatable bonds is 2. The predicted molar refractivity (Wildman–Crippen MR) is 46.1 cm³/mol. The molecule has 0 saturated carbocycles. The minimum Gasteiger partial charge on any atom is -0.319 e. The van der Waals surface area contributed by atoms with Gasteiger partial charge in [0.05, 0.1) is 6.21 Å². The zero-order valence-corrected chi connectivity index (χ0v) is 7.34. The van der Waals surface area contributed by atoms with Gasteiger partial charge in [-0.25, -0.2) is 9.78 Å². The van der Waals surface area contributed by atoms with Gasteiger partial charge in [0.25, 0.3) is 0 Å². The Morgan fingerprint density at radius 1 is 1.64 bits per heavy atom. The molecular formula is C8H6N4O2. The van der Waals surface area contributed by atoms with E-state index in [-0.39, 0.29) is 11.4 Å². The lowest BCUT2D eigenvalue weighted by Crippen LogP contribution is -1.97. The first-order valence-electron chi connectivity index (χ1n) is 3.66. The summed E-state index contributed by atoms with van der Waals surface area (Å²) in [5.41, 5.74) is 0.389. The first kappa shape index (κ1) is 9.80. The molecule has 1 rings (SSSR count). The number of hydrogen-bond acceptors (Lipinski definition) is 6. The number of carbonyl (C=O) groups is 1. The van der Waals surface area contributed by atoms with Crippen LogP contribution in [0.2, 0.25) is 0 Å². The van der Waals surface area contributed by atoms with Crippen molar-refractivity contribution < 1.29 is 9.63 Å². The molecule has 0 atom stereocenters. The standard InChI is InChI=1S/C8H6N4O2/c1-6(13)14-12-5-8-7(4-9)10-2-3-11-8/h2-3,5H,1H3/b12-5+. The first-order chi connectivity index (χ1) is 6.74. The van der Waals surface area contributed by atoms with Crippen LogP contribution in [0.5, 0.6) is 0 Å². The average Bonchev–Trinajstić information content (AvgIpc) is 2.18. The van der Waals surface area contributed by atoms with E-state index < -0.39 is 5.97 Å². The molecule has 1 aromatic rings. The second-order valence-corrected chi connectivity index (χ2v) is 2.22. The number of aromatic nitrogens is 2. The van der Waals surface area contributed by atoms with Crippen molar-refractivity contribution in [2.45, 2.75) is 6.92 Å². The summed E-state index contributed by atoms with van der Waals surface area (Å²) in [6.07, 6.45) is 3.96. The Balaban J connectivity index is 2.81.